The smallest absolute Gasteiger partial charge is 0.311 e. The predicted octanol–water partition coefficient (Wildman–Crippen LogP) is -0.0838. The Kier molecular flexibility index (Phi) is 5.06. The average molecular weight is 279 g/mol. The highest BCUT2D eigenvalue weighted by atomic mass is 19.1. The second-order valence-electron chi connectivity index (χ2n) is 4.67. The van der Waals surface area contributed by atoms with Crippen molar-refractivity contribution in [3.63, 3.8) is 0 Å². The van der Waals surface area contributed by atoms with E-state index >= 15 is 0 Å². The Morgan fingerprint density at radius 1 is 1.20 bits per heavy atom. The molecule has 1 aliphatic heterocycles. The number of benzene rings is 1. The largest absolute Gasteiger partial charge is 0.347 e. The third-order valence-electron chi connectivity index (χ3n) is 3.21. The second-order valence-corrected chi connectivity index (χ2v) is 4.67. The molecule has 0 atom stereocenters. The maximum Gasteiger partial charge on any atom is 0.311 e. The standard InChI is InChI=1S/C14H18FN3O2/c15-12-3-1-11(2-4-12)5-6-17-13(19)14(20)18-9-7-16-8-10-18/h1-4,16H,5-10H2,(H,17,19). The van der Waals surface area contributed by atoms with Crippen LogP contribution in [-0.4, -0.2) is 49.4 Å². The normalized spacial score (nSPS) is 14.9. The summed E-state index contributed by atoms with van der Waals surface area (Å²) in [6, 6.07) is 6.09. The number of hydrogen-bond acceptors (Lipinski definition) is 3. The first-order valence-electron chi connectivity index (χ1n) is 6.69. The van der Waals surface area contributed by atoms with E-state index in [0.717, 1.165) is 5.56 Å². The molecule has 1 heterocycles. The number of hydrogen-bond donors (Lipinski definition) is 2. The van der Waals surface area contributed by atoms with Crippen molar-refractivity contribution >= 4 is 11.8 Å². The molecule has 1 aromatic carbocycles. The van der Waals surface area contributed by atoms with E-state index < -0.39 is 11.8 Å². The molecular formula is C14H18FN3O2. The Hall–Kier alpha value is -1.95. The third kappa shape index (κ3) is 4.03. The van der Waals surface area contributed by atoms with Gasteiger partial charge in [-0.1, -0.05) is 12.1 Å². The molecule has 1 aromatic rings. The maximum atomic E-state index is 12.7. The molecule has 108 valence electrons. The Bertz CT molecular complexity index is 470. The van der Waals surface area contributed by atoms with Crippen molar-refractivity contribution in [1.82, 2.24) is 15.5 Å². The van der Waals surface area contributed by atoms with Gasteiger partial charge in [0.05, 0.1) is 0 Å². The second kappa shape index (κ2) is 7.00. The van der Waals surface area contributed by atoms with Crippen LogP contribution < -0.4 is 10.6 Å². The maximum absolute atomic E-state index is 12.7. The zero-order chi connectivity index (χ0) is 14.4. The Morgan fingerprint density at radius 3 is 2.50 bits per heavy atom. The summed E-state index contributed by atoms with van der Waals surface area (Å²) >= 11 is 0. The van der Waals surface area contributed by atoms with Crippen LogP contribution in [0, 0.1) is 5.82 Å². The zero-order valence-corrected chi connectivity index (χ0v) is 11.2. The molecule has 0 unspecified atom stereocenters. The summed E-state index contributed by atoms with van der Waals surface area (Å²) in [5.41, 5.74) is 0.918. The van der Waals surface area contributed by atoms with Crippen LogP contribution in [0.3, 0.4) is 0 Å². The lowest BCUT2D eigenvalue weighted by atomic mass is 10.1. The van der Waals surface area contributed by atoms with Crippen molar-refractivity contribution in [2.45, 2.75) is 6.42 Å². The molecule has 1 aliphatic rings. The fourth-order valence-corrected chi connectivity index (χ4v) is 2.06. The first-order chi connectivity index (χ1) is 9.66. The van der Waals surface area contributed by atoms with Crippen molar-refractivity contribution < 1.29 is 14.0 Å². The van der Waals surface area contributed by atoms with E-state index in [1.54, 1.807) is 17.0 Å². The number of carbonyl (C=O) groups is 2. The average Bonchev–Trinajstić information content (AvgIpc) is 2.49. The van der Waals surface area contributed by atoms with Gasteiger partial charge in [-0.25, -0.2) is 4.39 Å². The van der Waals surface area contributed by atoms with Gasteiger partial charge in [0.25, 0.3) is 0 Å². The summed E-state index contributed by atoms with van der Waals surface area (Å²) in [7, 11) is 0. The topological polar surface area (TPSA) is 61.4 Å². The Labute approximate surface area is 117 Å². The lowest BCUT2D eigenvalue weighted by Crippen LogP contribution is -2.51. The summed E-state index contributed by atoms with van der Waals surface area (Å²) in [4.78, 5) is 25.1. The molecule has 0 radical (unpaired) electrons. The Balaban J connectivity index is 1.74. The quantitative estimate of drug-likeness (QED) is 0.761. The molecule has 0 bridgehead atoms. The van der Waals surface area contributed by atoms with Crippen LogP contribution in [-0.2, 0) is 16.0 Å². The summed E-state index contributed by atoms with van der Waals surface area (Å²) in [5.74, 6) is -1.34. The summed E-state index contributed by atoms with van der Waals surface area (Å²) in [6.45, 7) is 2.92. The SMILES string of the molecule is O=C(NCCc1ccc(F)cc1)C(=O)N1CCNCC1. The van der Waals surface area contributed by atoms with Crippen LogP contribution in [0.5, 0.6) is 0 Å². The molecule has 0 aromatic heterocycles. The molecule has 0 aliphatic carbocycles. The number of nitrogens with one attached hydrogen (secondary N) is 2. The number of piperazine rings is 1. The van der Waals surface area contributed by atoms with E-state index in [2.05, 4.69) is 10.6 Å². The van der Waals surface area contributed by atoms with Gasteiger partial charge in [0.2, 0.25) is 0 Å². The van der Waals surface area contributed by atoms with Gasteiger partial charge in [-0.05, 0) is 24.1 Å². The third-order valence-corrected chi connectivity index (χ3v) is 3.21. The summed E-state index contributed by atoms with van der Waals surface area (Å²) in [6.07, 6.45) is 0.570. The van der Waals surface area contributed by atoms with Crippen LogP contribution in [0.1, 0.15) is 5.56 Å². The van der Waals surface area contributed by atoms with Gasteiger partial charge < -0.3 is 15.5 Å². The molecule has 20 heavy (non-hydrogen) atoms. The van der Waals surface area contributed by atoms with Crippen LogP contribution >= 0.6 is 0 Å². The van der Waals surface area contributed by atoms with Gasteiger partial charge in [0.1, 0.15) is 5.82 Å². The van der Waals surface area contributed by atoms with Gasteiger partial charge in [-0.3, -0.25) is 9.59 Å². The summed E-state index contributed by atoms with van der Waals surface area (Å²) < 4.78 is 12.7. The van der Waals surface area contributed by atoms with Gasteiger partial charge in [0.15, 0.2) is 0 Å². The highest BCUT2D eigenvalue weighted by molar-refractivity contribution is 6.35. The highest BCUT2D eigenvalue weighted by Crippen LogP contribution is 2.02. The first-order valence-corrected chi connectivity index (χ1v) is 6.69. The van der Waals surface area contributed by atoms with Gasteiger partial charge >= 0.3 is 11.8 Å². The molecule has 2 N–H and O–H groups in total. The van der Waals surface area contributed by atoms with Crippen LogP contribution in [0.25, 0.3) is 0 Å². The van der Waals surface area contributed by atoms with Crippen molar-refractivity contribution in [3.8, 4) is 0 Å². The molecule has 6 heteroatoms. The Morgan fingerprint density at radius 2 is 1.85 bits per heavy atom. The molecule has 2 amide bonds. The van der Waals surface area contributed by atoms with Crippen molar-refractivity contribution in [2.75, 3.05) is 32.7 Å². The molecule has 0 saturated carbocycles. The zero-order valence-electron chi connectivity index (χ0n) is 11.2. The number of carbonyl (C=O) groups excluding carboxylic acids is 2. The predicted molar refractivity (Wildman–Crippen MR) is 72.6 cm³/mol. The molecule has 5 nitrogen and oxygen atoms in total. The number of rotatable bonds is 3. The van der Waals surface area contributed by atoms with Gasteiger partial charge in [0, 0.05) is 32.7 Å². The molecule has 2 rings (SSSR count). The highest BCUT2D eigenvalue weighted by Gasteiger charge is 2.22. The van der Waals surface area contributed by atoms with E-state index in [1.165, 1.54) is 12.1 Å². The monoisotopic (exact) mass is 279 g/mol. The van der Waals surface area contributed by atoms with Crippen LogP contribution in [0.15, 0.2) is 24.3 Å². The van der Waals surface area contributed by atoms with E-state index in [0.29, 0.717) is 39.1 Å². The van der Waals surface area contributed by atoms with Crippen LogP contribution in [0.4, 0.5) is 4.39 Å². The number of amides is 2. The van der Waals surface area contributed by atoms with Gasteiger partial charge in [-0.15, -0.1) is 0 Å². The van der Waals surface area contributed by atoms with E-state index in [-0.39, 0.29) is 5.82 Å². The van der Waals surface area contributed by atoms with Crippen LogP contribution in [0.2, 0.25) is 0 Å². The summed E-state index contributed by atoms with van der Waals surface area (Å²) in [5, 5.41) is 5.72. The minimum Gasteiger partial charge on any atom is -0.347 e. The lowest BCUT2D eigenvalue weighted by molar-refractivity contribution is -0.146. The number of nitrogens with zero attached hydrogens (tertiary/aromatic N) is 1. The lowest BCUT2D eigenvalue weighted by Gasteiger charge is -2.26. The fourth-order valence-electron chi connectivity index (χ4n) is 2.06. The number of halogens is 1. The fraction of sp³-hybridized carbons (Fsp3) is 0.429. The minimum absolute atomic E-state index is 0.285. The van der Waals surface area contributed by atoms with Crippen molar-refractivity contribution in [2.24, 2.45) is 0 Å². The van der Waals surface area contributed by atoms with Crippen molar-refractivity contribution in [1.29, 1.82) is 0 Å². The van der Waals surface area contributed by atoms with Crippen molar-refractivity contribution in [3.05, 3.63) is 35.6 Å². The minimum atomic E-state index is -0.575. The molecule has 1 saturated heterocycles. The van der Waals surface area contributed by atoms with E-state index in [1.807, 2.05) is 0 Å². The molecule has 1 fully saturated rings. The van der Waals surface area contributed by atoms with Gasteiger partial charge in [-0.2, -0.15) is 0 Å². The molecule has 0 spiro atoms. The van der Waals surface area contributed by atoms with E-state index in [9.17, 15) is 14.0 Å². The molecular weight excluding hydrogens is 261 g/mol. The van der Waals surface area contributed by atoms with E-state index in [4.69, 9.17) is 0 Å². The first kappa shape index (κ1) is 14.5.